The van der Waals surface area contributed by atoms with Crippen molar-refractivity contribution in [3.63, 3.8) is 0 Å². The first-order chi connectivity index (χ1) is 9.78. The highest BCUT2D eigenvalue weighted by Gasteiger charge is 2.19. The fraction of sp³-hybridized carbons (Fsp3) is 0.562. The van der Waals surface area contributed by atoms with E-state index in [4.69, 9.17) is 0 Å². The Bertz CT molecular complexity index is 547. The van der Waals surface area contributed by atoms with Crippen molar-refractivity contribution in [1.29, 1.82) is 0 Å². The zero-order chi connectivity index (χ0) is 13.9. The molecule has 1 unspecified atom stereocenters. The molecule has 0 radical (unpaired) electrons. The minimum Gasteiger partial charge on any atom is -0.338 e. The molecule has 0 amide bonds. The lowest BCUT2D eigenvalue weighted by molar-refractivity contribution is 0.571. The molecule has 3 rings (SSSR count). The second-order valence-electron chi connectivity index (χ2n) is 5.66. The lowest BCUT2D eigenvalue weighted by atomic mass is 10.1. The molecular formula is C16H23N3S. The molecule has 2 aromatic rings. The largest absolute Gasteiger partial charge is 0.338 e. The average Bonchev–Trinajstić information content (AvgIpc) is 2.97. The summed E-state index contributed by atoms with van der Waals surface area (Å²) >= 11 is 2.01. The van der Waals surface area contributed by atoms with Gasteiger partial charge in [0.15, 0.2) is 0 Å². The summed E-state index contributed by atoms with van der Waals surface area (Å²) in [6, 6.07) is 2.82. The van der Waals surface area contributed by atoms with Gasteiger partial charge in [-0.2, -0.15) is 0 Å². The topological polar surface area (TPSA) is 29.9 Å². The van der Waals surface area contributed by atoms with Crippen LogP contribution in [0.3, 0.4) is 0 Å². The molecule has 1 N–H and O–H groups in total. The molecule has 0 saturated heterocycles. The SMILES string of the molecule is CNC(Cc1nccn1C)c1cc2c(s1)CCCCC2. The normalized spacial score (nSPS) is 16.7. The smallest absolute Gasteiger partial charge is 0.110 e. The molecule has 0 aromatic carbocycles. The number of likely N-dealkylation sites (N-methyl/N-ethyl adjacent to an activating group) is 1. The summed E-state index contributed by atoms with van der Waals surface area (Å²) in [4.78, 5) is 7.55. The predicted octanol–water partition coefficient (Wildman–Crippen LogP) is 3.25. The van der Waals surface area contributed by atoms with Crippen LogP contribution in [0.25, 0.3) is 0 Å². The van der Waals surface area contributed by atoms with E-state index in [0.717, 1.165) is 12.2 Å². The quantitative estimate of drug-likeness (QED) is 0.876. The number of imidazole rings is 1. The number of hydrogen-bond acceptors (Lipinski definition) is 3. The lowest BCUT2D eigenvalue weighted by Gasteiger charge is -2.14. The molecule has 108 valence electrons. The second-order valence-corrected chi connectivity index (χ2v) is 6.83. The highest BCUT2D eigenvalue weighted by molar-refractivity contribution is 7.12. The van der Waals surface area contributed by atoms with Crippen molar-refractivity contribution in [2.24, 2.45) is 7.05 Å². The van der Waals surface area contributed by atoms with Crippen LogP contribution in [0.2, 0.25) is 0 Å². The Morgan fingerprint density at radius 3 is 2.95 bits per heavy atom. The van der Waals surface area contributed by atoms with Crippen LogP contribution in [0, 0.1) is 0 Å². The van der Waals surface area contributed by atoms with Gasteiger partial charge in [0.2, 0.25) is 0 Å². The molecule has 1 aliphatic carbocycles. The van der Waals surface area contributed by atoms with Gasteiger partial charge in [0.1, 0.15) is 5.82 Å². The van der Waals surface area contributed by atoms with Gasteiger partial charge in [0.05, 0.1) is 0 Å². The molecule has 0 bridgehead atoms. The number of aryl methyl sites for hydroxylation is 3. The van der Waals surface area contributed by atoms with Crippen molar-refractivity contribution < 1.29 is 0 Å². The molecule has 2 heterocycles. The van der Waals surface area contributed by atoms with Crippen LogP contribution in [0.15, 0.2) is 18.5 Å². The van der Waals surface area contributed by atoms with Crippen molar-refractivity contribution in [2.75, 3.05) is 7.05 Å². The maximum Gasteiger partial charge on any atom is 0.110 e. The van der Waals surface area contributed by atoms with Gasteiger partial charge in [-0.3, -0.25) is 0 Å². The molecule has 1 aliphatic rings. The van der Waals surface area contributed by atoms with E-state index in [1.807, 2.05) is 23.7 Å². The highest BCUT2D eigenvalue weighted by atomic mass is 32.1. The number of fused-ring (bicyclic) bond motifs is 1. The van der Waals surface area contributed by atoms with Crippen LogP contribution in [0.5, 0.6) is 0 Å². The molecular weight excluding hydrogens is 266 g/mol. The van der Waals surface area contributed by atoms with E-state index in [2.05, 4.69) is 35.0 Å². The highest BCUT2D eigenvalue weighted by Crippen LogP contribution is 2.33. The molecule has 2 aromatic heterocycles. The van der Waals surface area contributed by atoms with Crippen molar-refractivity contribution in [1.82, 2.24) is 14.9 Å². The Labute approximate surface area is 125 Å². The molecule has 3 nitrogen and oxygen atoms in total. The maximum absolute atomic E-state index is 4.45. The van der Waals surface area contributed by atoms with Crippen LogP contribution in [-0.2, 0) is 26.3 Å². The van der Waals surface area contributed by atoms with E-state index < -0.39 is 0 Å². The van der Waals surface area contributed by atoms with E-state index in [0.29, 0.717) is 6.04 Å². The monoisotopic (exact) mass is 289 g/mol. The van der Waals surface area contributed by atoms with Gasteiger partial charge in [-0.05, 0) is 44.4 Å². The third-order valence-corrected chi connectivity index (χ3v) is 5.62. The van der Waals surface area contributed by atoms with Crippen LogP contribution in [0.1, 0.15) is 46.4 Å². The Morgan fingerprint density at radius 2 is 2.20 bits per heavy atom. The third-order valence-electron chi connectivity index (χ3n) is 4.27. The Balaban J connectivity index is 1.81. The van der Waals surface area contributed by atoms with E-state index >= 15 is 0 Å². The van der Waals surface area contributed by atoms with Gasteiger partial charge in [-0.15, -0.1) is 11.3 Å². The van der Waals surface area contributed by atoms with Gasteiger partial charge >= 0.3 is 0 Å². The summed E-state index contributed by atoms with van der Waals surface area (Å²) < 4.78 is 2.11. The van der Waals surface area contributed by atoms with Crippen molar-refractivity contribution in [3.05, 3.63) is 39.6 Å². The number of nitrogens with one attached hydrogen (secondary N) is 1. The summed E-state index contributed by atoms with van der Waals surface area (Å²) in [6.45, 7) is 0. The van der Waals surface area contributed by atoms with E-state index in [9.17, 15) is 0 Å². The van der Waals surface area contributed by atoms with E-state index in [1.54, 1.807) is 10.4 Å². The summed E-state index contributed by atoms with van der Waals surface area (Å²) in [5, 5.41) is 3.47. The zero-order valence-electron chi connectivity index (χ0n) is 12.4. The zero-order valence-corrected chi connectivity index (χ0v) is 13.2. The second kappa shape index (κ2) is 6.10. The first kappa shape index (κ1) is 13.8. The Morgan fingerprint density at radius 1 is 1.35 bits per heavy atom. The minimum absolute atomic E-state index is 0.382. The number of aromatic nitrogens is 2. The Kier molecular flexibility index (Phi) is 4.22. The fourth-order valence-corrected chi connectivity index (χ4v) is 4.35. The van der Waals surface area contributed by atoms with Crippen molar-refractivity contribution in [3.8, 4) is 0 Å². The number of hydrogen-bond donors (Lipinski definition) is 1. The molecule has 4 heteroatoms. The average molecular weight is 289 g/mol. The Hall–Kier alpha value is -1.13. The standard InChI is InChI=1S/C16H23N3S/c1-17-13(11-16-18-8-9-19(16)2)15-10-12-6-4-3-5-7-14(12)20-15/h8-10,13,17H,3-7,11H2,1-2H3. The van der Waals surface area contributed by atoms with E-state index in [-0.39, 0.29) is 0 Å². The van der Waals surface area contributed by atoms with Gasteiger partial charge in [-0.25, -0.2) is 4.98 Å². The molecule has 20 heavy (non-hydrogen) atoms. The first-order valence-electron chi connectivity index (χ1n) is 7.53. The lowest BCUT2D eigenvalue weighted by Crippen LogP contribution is -2.19. The molecule has 0 saturated carbocycles. The van der Waals surface area contributed by atoms with Crippen molar-refractivity contribution in [2.45, 2.75) is 44.6 Å². The molecule has 0 aliphatic heterocycles. The fourth-order valence-electron chi connectivity index (χ4n) is 2.98. The first-order valence-corrected chi connectivity index (χ1v) is 8.34. The molecule has 1 atom stereocenters. The summed E-state index contributed by atoms with van der Waals surface area (Å²) in [6.07, 6.45) is 11.5. The van der Waals surface area contributed by atoms with Gasteiger partial charge in [0.25, 0.3) is 0 Å². The third kappa shape index (κ3) is 2.81. The van der Waals surface area contributed by atoms with Crippen LogP contribution in [0.4, 0.5) is 0 Å². The van der Waals surface area contributed by atoms with Crippen LogP contribution in [-0.4, -0.2) is 16.6 Å². The van der Waals surface area contributed by atoms with Crippen LogP contribution < -0.4 is 5.32 Å². The predicted molar refractivity (Wildman–Crippen MR) is 84.3 cm³/mol. The number of rotatable bonds is 4. The summed E-state index contributed by atoms with van der Waals surface area (Å²) in [7, 11) is 4.12. The van der Waals surface area contributed by atoms with Gasteiger partial charge in [0, 0.05) is 41.7 Å². The maximum atomic E-state index is 4.45. The van der Waals surface area contributed by atoms with Gasteiger partial charge < -0.3 is 9.88 Å². The summed E-state index contributed by atoms with van der Waals surface area (Å²) in [5.74, 6) is 1.15. The summed E-state index contributed by atoms with van der Waals surface area (Å²) in [5.41, 5.74) is 1.60. The van der Waals surface area contributed by atoms with Crippen LogP contribution >= 0.6 is 11.3 Å². The molecule has 0 spiro atoms. The minimum atomic E-state index is 0.382. The van der Waals surface area contributed by atoms with E-state index in [1.165, 1.54) is 37.0 Å². The van der Waals surface area contributed by atoms with Crippen molar-refractivity contribution >= 4 is 11.3 Å². The van der Waals surface area contributed by atoms with Gasteiger partial charge in [-0.1, -0.05) is 6.42 Å². The number of nitrogens with zero attached hydrogens (tertiary/aromatic N) is 2. The molecule has 0 fully saturated rings. The number of thiophene rings is 1.